The van der Waals surface area contributed by atoms with E-state index in [0.717, 1.165) is 11.7 Å². The summed E-state index contributed by atoms with van der Waals surface area (Å²) < 4.78 is 3.44. The maximum Gasteiger partial charge on any atom is 0.0781 e. The van der Waals surface area contributed by atoms with Crippen LogP contribution in [0, 0.1) is 0 Å². The molecule has 0 atom stereocenters. The Kier molecular flexibility index (Phi) is 4.57. The summed E-state index contributed by atoms with van der Waals surface area (Å²) in [7, 11) is 0. The molecule has 1 saturated carbocycles. The third-order valence-corrected chi connectivity index (χ3v) is 5.24. The van der Waals surface area contributed by atoms with Crippen LogP contribution in [-0.4, -0.2) is 12.7 Å². The highest BCUT2D eigenvalue weighted by Crippen LogP contribution is 2.37. The molecular formula is C15H21ClN2S. The van der Waals surface area contributed by atoms with E-state index in [0.29, 0.717) is 6.04 Å². The van der Waals surface area contributed by atoms with Crippen molar-refractivity contribution in [3.8, 4) is 0 Å². The van der Waals surface area contributed by atoms with Gasteiger partial charge in [-0.05, 0) is 43.0 Å². The number of anilines is 1. The summed E-state index contributed by atoms with van der Waals surface area (Å²) in [6.07, 6.45) is 9.58. The number of nitrogens with zero attached hydrogens (tertiary/aromatic N) is 1. The molecule has 0 radical (unpaired) electrons. The van der Waals surface area contributed by atoms with Crippen molar-refractivity contribution in [3.63, 3.8) is 0 Å². The van der Waals surface area contributed by atoms with Crippen LogP contribution in [0.2, 0.25) is 5.02 Å². The molecule has 1 heterocycles. The highest BCUT2D eigenvalue weighted by atomic mass is 35.5. The van der Waals surface area contributed by atoms with Gasteiger partial charge in [0.25, 0.3) is 0 Å². The molecule has 1 aromatic carbocycles. The summed E-state index contributed by atoms with van der Waals surface area (Å²) in [5.74, 6) is 0. The number of benzene rings is 1. The van der Waals surface area contributed by atoms with Gasteiger partial charge in [-0.1, -0.05) is 43.7 Å². The average molecular weight is 297 g/mol. The summed E-state index contributed by atoms with van der Waals surface area (Å²) in [4.78, 5) is 3.83. The molecule has 1 aliphatic carbocycles. The zero-order valence-corrected chi connectivity index (χ0v) is 12.8. The molecule has 1 aliphatic heterocycles. The molecule has 0 amide bonds. The third-order valence-electron chi connectivity index (χ3n) is 4.16. The number of halogens is 1. The van der Waals surface area contributed by atoms with Crippen molar-refractivity contribution in [2.24, 2.45) is 0 Å². The zero-order chi connectivity index (χ0) is 13.1. The Morgan fingerprint density at radius 2 is 1.84 bits per heavy atom. The lowest BCUT2D eigenvalue weighted by molar-refractivity contribution is 0.426. The van der Waals surface area contributed by atoms with Crippen molar-refractivity contribution in [2.75, 3.05) is 11.6 Å². The monoisotopic (exact) mass is 296 g/mol. The van der Waals surface area contributed by atoms with Crippen LogP contribution in [0.4, 0.5) is 5.69 Å². The maximum atomic E-state index is 6.18. The molecule has 104 valence electrons. The molecule has 0 bridgehead atoms. The smallest absolute Gasteiger partial charge is 0.0781 e. The molecule has 2 nitrogen and oxygen atoms in total. The van der Waals surface area contributed by atoms with Gasteiger partial charge in [-0.3, -0.25) is 0 Å². The van der Waals surface area contributed by atoms with Crippen LogP contribution in [0.25, 0.3) is 0 Å². The lowest BCUT2D eigenvalue weighted by Crippen LogP contribution is -2.43. The molecular weight excluding hydrogens is 276 g/mol. The van der Waals surface area contributed by atoms with Crippen LogP contribution in [0.15, 0.2) is 23.1 Å². The van der Waals surface area contributed by atoms with E-state index in [4.69, 9.17) is 11.6 Å². The lowest BCUT2D eigenvalue weighted by atomic mass is 9.95. The van der Waals surface area contributed by atoms with E-state index in [2.05, 4.69) is 21.8 Å². The molecule has 0 spiro atoms. The predicted molar refractivity (Wildman–Crippen MR) is 83.9 cm³/mol. The van der Waals surface area contributed by atoms with Gasteiger partial charge in [0.1, 0.15) is 0 Å². The Balaban J connectivity index is 1.82. The molecule has 1 fully saturated rings. The quantitative estimate of drug-likeness (QED) is 0.748. The molecule has 1 aromatic rings. The predicted octanol–water partition coefficient (Wildman–Crippen LogP) is 4.83. The first-order valence-corrected chi connectivity index (χ1v) is 8.50. The maximum absolute atomic E-state index is 6.18. The third kappa shape index (κ3) is 3.21. The van der Waals surface area contributed by atoms with Crippen molar-refractivity contribution in [1.29, 1.82) is 0 Å². The van der Waals surface area contributed by atoms with Gasteiger partial charge in [-0.15, -0.1) is 0 Å². The van der Waals surface area contributed by atoms with E-state index >= 15 is 0 Å². The fourth-order valence-electron chi connectivity index (χ4n) is 3.14. The van der Waals surface area contributed by atoms with Crippen molar-refractivity contribution in [2.45, 2.75) is 55.9 Å². The largest absolute Gasteiger partial charge is 0.354 e. The van der Waals surface area contributed by atoms with E-state index in [1.165, 1.54) is 55.5 Å². The second kappa shape index (κ2) is 6.38. The summed E-state index contributed by atoms with van der Waals surface area (Å²) in [5, 5.41) is 0.845. The summed E-state index contributed by atoms with van der Waals surface area (Å²) in [6, 6.07) is 6.91. The van der Waals surface area contributed by atoms with Crippen LogP contribution in [0.3, 0.4) is 0 Å². The summed E-state index contributed by atoms with van der Waals surface area (Å²) in [6.45, 7) is 0.933. The van der Waals surface area contributed by atoms with Crippen molar-refractivity contribution < 1.29 is 0 Å². The van der Waals surface area contributed by atoms with Crippen molar-refractivity contribution in [1.82, 2.24) is 4.72 Å². The van der Waals surface area contributed by atoms with E-state index in [-0.39, 0.29) is 0 Å². The number of fused-ring (bicyclic) bond motifs is 1. The minimum absolute atomic E-state index is 0.672. The van der Waals surface area contributed by atoms with E-state index < -0.39 is 0 Å². The number of nitrogens with one attached hydrogen (secondary N) is 1. The lowest BCUT2D eigenvalue weighted by Gasteiger charge is -2.38. The highest BCUT2D eigenvalue weighted by Gasteiger charge is 2.25. The molecule has 3 rings (SSSR count). The van der Waals surface area contributed by atoms with Crippen molar-refractivity contribution in [3.05, 3.63) is 23.2 Å². The second-order valence-electron chi connectivity index (χ2n) is 5.49. The summed E-state index contributed by atoms with van der Waals surface area (Å²) in [5.41, 5.74) is 1.32. The van der Waals surface area contributed by atoms with Crippen LogP contribution in [0.5, 0.6) is 0 Å². The molecule has 4 heteroatoms. The first-order chi connectivity index (χ1) is 9.34. The van der Waals surface area contributed by atoms with Gasteiger partial charge < -0.3 is 4.90 Å². The van der Waals surface area contributed by atoms with Gasteiger partial charge >= 0.3 is 0 Å². The first-order valence-electron chi connectivity index (χ1n) is 7.30. The fourth-order valence-corrected chi connectivity index (χ4v) is 4.08. The fraction of sp³-hybridized carbons (Fsp3) is 0.600. The van der Waals surface area contributed by atoms with Gasteiger partial charge in [0.05, 0.1) is 12.4 Å². The second-order valence-corrected chi connectivity index (χ2v) is 6.85. The number of hydrogen-bond donors (Lipinski definition) is 1. The first kappa shape index (κ1) is 13.6. The molecule has 0 saturated heterocycles. The topological polar surface area (TPSA) is 15.3 Å². The Morgan fingerprint density at radius 1 is 1.11 bits per heavy atom. The molecule has 19 heavy (non-hydrogen) atoms. The standard InChI is InChI=1S/C15H21ClN2S/c16-12-8-9-15-14(10-12)18(11-17-19-15)13-6-4-2-1-3-5-7-13/h8-10,13,17H,1-7,11H2. The van der Waals surface area contributed by atoms with Gasteiger partial charge in [0.15, 0.2) is 0 Å². The average Bonchev–Trinajstić information content (AvgIpc) is 2.38. The SMILES string of the molecule is Clc1ccc2c(c1)N(C1CCCCCCC1)CNS2. The Morgan fingerprint density at radius 3 is 2.63 bits per heavy atom. The number of rotatable bonds is 1. The minimum atomic E-state index is 0.672. The van der Waals surface area contributed by atoms with Crippen LogP contribution in [-0.2, 0) is 0 Å². The van der Waals surface area contributed by atoms with E-state index in [9.17, 15) is 0 Å². The Hall–Kier alpha value is -0.380. The molecule has 2 aliphatic rings. The number of hydrogen-bond acceptors (Lipinski definition) is 3. The van der Waals surface area contributed by atoms with E-state index in [1.807, 2.05) is 6.07 Å². The molecule has 0 aromatic heterocycles. The normalized spacial score (nSPS) is 21.6. The Bertz CT molecular complexity index is 430. The minimum Gasteiger partial charge on any atom is -0.354 e. The molecule has 1 N–H and O–H groups in total. The van der Waals surface area contributed by atoms with Crippen LogP contribution < -0.4 is 9.62 Å². The van der Waals surface area contributed by atoms with Gasteiger partial charge in [-0.2, -0.15) is 0 Å². The van der Waals surface area contributed by atoms with Crippen LogP contribution in [0.1, 0.15) is 44.9 Å². The van der Waals surface area contributed by atoms with Crippen LogP contribution >= 0.6 is 23.5 Å². The van der Waals surface area contributed by atoms with Crippen molar-refractivity contribution >= 4 is 29.2 Å². The van der Waals surface area contributed by atoms with E-state index in [1.54, 1.807) is 11.9 Å². The van der Waals surface area contributed by atoms with Gasteiger partial charge in [0, 0.05) is 16.0 Å². The zero-order valence-electron chi connectivity index (χ0n) is 11.2. The van der Waals surface area contributed by atoms with Gasteiger partial charge in [-0.25, -0.2) is 4.72 Å². The Labute approximate surface area is 125 Å². The van der Waals surface area contributed by atoms with Gasteiger partial charge in [0.2, 0.25) is 0 Å². The highest BCUT2D eigenvalue weighted by molar-refractivity contribution is 7.97. The summed E-state index contributed by atoms with van der Waals surface area (Å²) >= 11 is 7.91. The molecule has 0 unspecified atom stereocenters.